The summed E-state index contributed by atoms with van der Waals surface area (Å²) in [5, 5.41) is 2.65. The number of piperazine rings is 1. The minimum atomic E-state index is -0.660. The zero-order valence-electron chi connectivity index (χ0n) is 12.3. The molecule has 1 aliphatic rings. The van der Waals surface area contributed by atoms with E-state index in [1.165, 1.54) is 0 Å². The Morgan fingerprint density at radius 2 is 1.90 bits per heavy atom. The maximum Gasteiger partial charge on any atom is 0.168 e. The first kappa shape index (κ1) is 15.0. The van der Waals surface area contributed by atoms with Crippen molar-refractivity contribution in [2.75, 3.05) is 43.4 Å². The van der Waals surface area contributed by atoms with Crippen LogP contribution in [0.2, 0.25) is 0 Å². The summed E-state index contributed by atoms with van der Waals surface area (Å²) in [7, 11) is 1.58. The van der Waals surface area contributed by atoms with Gasteiger partial charge in [0.05, 0.1) is 0 Å². The van der Waals surface area contributed by atoms with E-state index in [0.717, 1.165) is 25.6 Å². The van der Waals surface area contributed by atoms with E-state index in [2.05, 4.69) is 29.0 Å². The summed E-state index contributed by atoms with van der Waals surface area (Å²) in [5.41, 5.74) is 0. The van der Waals surface area contributed by atoms with Gasteiger partial charge in [0.15, 0.2) is 23.3 Å². The van der Waals surface area contributed by atoms with Crippen LogP contribution < -0.4 is 10.2 Å². The highest BCUT2D eigenvalue weighted by atomic mass is 19.1. The normalized spacial score (nSPS) is 18.1. The third-order valence-electron chi connectivity index (χ3n) is 3.98. The maximum absolute atomic E-state index is 13.9. The molecule has 2 rings (SSSR count). The van der Waals surface area contributed by atoms with Crippen molar-refractivity contribution in [3.8, 4) is 0 Å². The van der Waals surface area contributed by atoms with Gasteiger partial charge in [0.2, 0.25) is 0 Å². The van der Waals surface area contributed by atoms with E-state index >= 15 is 0 Å². The SMILES string of the molecule is CCC(C)N1CCN(c2nc(NC)c(F)cc2F)CC1. The second-order valence-corrected chi connectivity index (χ2v) is 5.15. The van der Waals surface area contributed by atoms with Crippen molar-refractivity contribution in [2.45, 2.75) is 26.3 Å². The highest BCUT2D eigenvalue weighted by Crippen LogP contribution is 2.23. The molecule has 1 saturated heterocycles. The zero-order valence-corrected chi connectivity index (χ0v) is 12.3. The number of nitrogens with one attached hydrogen (secondary N) is 1. The molecule has 6 heteroatoms. The molecule has 0 bridgehead atoms. The molecule has 1 atom stereocenters. The lowest BCUT2D eigenvalue weighted by atomic mass is 10.2. The first-order chi connectivity index (χ1) is 9.56. The summed E-state index contributed by atoms with van der Waals surface area (Å²) in [4.78, 5) is 8.32. The van der Waals surface area contributed by atoms with Gasteiger partial charge in [0, 0.05) is 45.3 Å². The third-order valence-corrected chi connectivity index (χ3v) is 3.98. The number of aromatic nitrogens is 1. The van der Waals surface area contributed by atoms with Gasteiger partial charge in [0.25, 0.3) is 0 Å². The standard InChI is InChI=1S/C14H22F2N4/c1-4-10(2)19-5-7-20(8-6-19)14-12(16)9-11(15)13(17-3)18-14/h9-10H,4-8H2,1-3H3,(H,17,18). The predicted molar refractivity (Wildman–Crippen MR) is 77.2 cm³/mol. The number of hydrogen-bond donors (Lipinski definition) is 1. The summed E-state index contributed by atoms with van der Waals surface area (Å²) in [6.45, 7) is 7.54. The highest BCUT2D eigenvalue weighted by Gasteiger charge is 2.24. The van der Waals surface area contributed by atoms with Crippen LogP contribution >= 0.6 is 0 Å². The smallest absolute Gasteiger partial charge is 0.168 e. The Hall–Kier alpha value is -1.43. The summed E-state index contributed by atoms with van der Waals surface area (Å²) < 4.78 is 27.3. The van der Waals surface area contributed by atoms with Gasteiger partial charge in [-0.1, -0.05) is 6.92 Å². The molecule has 1 aromatic heterocycles. The Morgan fingerprint density at radius 1 is 1.25 bits per heavy atom. The minimum Gasteiger partial charge on any atom is -0.371 e. The molecule has 1 unspecified atom stereocenters. The topological polar surface area (TPSA) is 31.4 Å². The molecule has 20 heavy (non-hydrogen) atoms. The second-order valence-electron chi connectivity index (χ2n) is 5.15. The molecule has 1 aromatic rings. The van der Waals surface area contributed by atoms with Crippen LogP contribution in [0, 0.1) is 11.6 Å². The van der Waals surface area contributed by atoms with E-state index < -0.39 is 11.6 Å². The van der Waals surface area contributed by atoms with Crippen molar-refractivity contribution in [1.82, 2.24) is 9.88 Å². The Bertz CT molecular complexity index is 459. The summed E-state index contributed by atoms with van der Waals surface area (Å²) >= 11 is 0. The molecule has 0 aromatic carbocycles. The number of anilines is 2. The Balaban J connectivity index is 2.10. The van der Waals surface area contributed by atoms with Crippen LogP contribution in [0.5, 0.6) is 0 Å². The van der Waals surface area contributed by atoms with Crippen molar-refractivity contribution < 1.29 is 8.78 Å². The van der Waals surface area contributed by atoms with Crippen molar-refractivity contribution in [3.63, 3.8) is 0 Å². The fraction of sp³-hybridized carbons (Fsp3) is 0.643. The fourth-order valence-corrected chi connectivity index (χ4v) is 2.49. The molecule has 0 saturated carbocycles. The first-order valence-corrected chi connectivity index (χ1v) is 7.09. The Morgan fingerprint density at radius 3 is 2.45 bits per heavy atom. The van der Waals surface area contributed by atoms with Crippen LogP contribution in [0.25, 0.3) is 0 Å². The van der Waals surface area contributed by atoms with Crippen molar-refractivity contribution in [1.29, 1.82) is 0 Å². The lowest BCUT2D eigenvalue weighted by Gasteiger charge is -2.38. The fourth-order valence-electron chi connectivity index (χ4n) is 2.49. The first-order valence-electron chi connectivity index (χ1n) is 7.09. The zero-order chi connectivity index (χ0) is 14.7. The van der Waals surface area contributed by atoms with Gasteiger partial charge >= 0.3 is 0 Å². The molecule has 0 radical (unpaired) electrons. The number of halogens is 2. The monoisotopic (exact) mass is 284 g/mol. The molecular weight excluding hydrogens is 262 g/mol. The summed E-state index contributed by atoms with van der Waals surface area (Å²) in [6.07, 6.45) is 1.10. The lowest BCUT2D eigenvalue weighted by molar-refractivity contribution is 0.192. The molecule has 0 aliphatic carbocycles. The van der Waals surface area contributed by atoms with Gasteiger partial charge in [0.1, 0.15) is 0 Å². The van der Waals surface area contributed by atoms with E-state index in [-0.39, 0.29) is 11.6 Å². The molecule has 1 aliphatic heterocycles. The summed E-state index contributed by atoms with van der Waals surface area (Å²) in [6, 6.07) is 1.44. The van der Waals surface area contributed by atoms with Gasteiger partial charge in [-0.05, 0) is 13.3 Å². The molecule has 4 nitrogen and oxygen atoms in total. The van der Waals surface area contributed by atoms with Crippen LogP contribution in [0.4, 0.5) is 20.4 Å². The van der Waals surface area contributed by atoms with Crippen molar-refractivity contribution >= 4 is 11.6 Å². The third kappa shape index (κ3) is 3.00. The molecule has 2 heterocycles. The number of nitrogens with zero attached hydrogens (tertiary/aromatic N) is 3. The quantitative estimate of drug-likeness (QED) is 0.919. The number of pyridine rings is 1. The number of hydrogen-bond acceptors (Lipinski definition) is 4. The van der Waals surface area contributed by atoms with Crippen LogP contribution in [-0.2, 0) is 0 Å². The predicted octanol–water partition coefficient (Wildman–Crippen LogP) is 2.32. The van der Waals surface area contributed by atoms with Crippen molar-refractivity contribution in [3.05, 3.63) is 17.7 Å². The maximum atomic E-state index is 13.9. The van der Waals surface area contributed by atoms with Gasteiger partial charge in [-0.3, -0.25) is 4.90 Å². The molecule has 0 amide bonds. The van der Waals surface area contributed by atoms with Gasteiger partial charge in [-0.15, -0.1) is 0 Å². The van der Waals surface area contributed by atoms with Gasteiger partial charge in [-0.2, -0.15) is 0 Å². The van der Waals surface area contributed by atoms with Gasteiger partial charge < -0.3 is 10.2 Å². The molecule has 1 fully saturated rings. The van der Waals surface area contributed by atoms with Crippen LogP contribution in [0.3, 0.4) is 0 Å². The lowest BCUT2D eigenvalue weighted by Crippen LogP contribution is -2.50. The average molecular weight is 284 g/mol. The number of rotatable bonds is 4. The molecule has 0 spiro atoms. The van der Waals surface area contributed by atoms with Crippen molar-refractivity contribution in [2.24, 2.45) is 0 Å². The minimum absolute atomic E-state index is 0.0887. The largest absolute Gasteiger partial charge is 0.371 e. The van der Waals surface area contributed by atoms with Crippen LogP contribution in [-0.4, -0.2) is 49.2 Å². The van der Waals surface area contributed by atoms with E-state index in [9.17, 15) is 8.78 Å². The molecule has 1 N–H and O–H groups in total. The van der Waals surface area contributed by atoms with E-state index in [4.69, 9.17) is 0 Å². The Kier molecular flexibility index (Phi) is 4.75. The molecular formula is C14H22F2N4. The Labute approximate surface area is 118 Å². The van der Waals surface area contributed by atoms with Crippen LogP contribution in [0.15, 0.2) is 6.07 Å². The summed E-state index contributed by atoms with van der Waals surface area (Å²) in [5.74, 6) is -0.934. The van der Waals surface area contributed by atoms with E-state index in [1.54, 1.807) is 7.05 Å². The molecule has 112 valence electrons. The average Bonchev–Trinajstić information content (AvgIpc) is 2.47. The highest BCUT2D eigenvalue weighted by molar-refractivity contribution is 5.49. The van der Waals surface area contributed by atoms with E-state index in [0.29, 0.717) is 19.1 Å². The van der Waals surface area contributed by atoms with Crippen LogP contribution in [0.1, 0.15) is 20.3 Å². The van der Waals surface area contributed by atoms with Gasteiger partial charge in [-0.25, -0.2) is 13.8 Å². The van der Waals surface area contributed by atoms with E-state index in [1.807, 2.05) is 4.90 Å². The second kappa shape index (κ2) is 6.35.